The van der Waals surface area contributed by atoms with E-state index in [4.69, 9.17) is 4.43 Å². The van der Waals surface area contributed by atoms with Gasteiger partial charge in [-0.05, 0) is 51.4 Å². The predicted octanol–water partition coefficient (Wildman–Crippen LogP) is 3.69. The molecule has 0 saturated heterocycles. The lowest BCUT2D eigenvalue weighted by molar-refractivity contribution is 0.371. The van der Waals surface area contributed by atoms with E-state index in [2.05, 4.69) is 26.6 Å². The van der Waals surface area contributed by atoms with E-state index in [0.717, 1.165) is 0 Å². The summed E-state index contributed by atoms with van der Waals surface area (Å²) in [5, 5.41) is 0. The van der Waals surface area contributed by atoms with Gasteiger partial charge in [-0.25, -0.2) is 0 Å². The quantitative estimate of drug-likeness (QED) is 0.595. The van der Waals surface area contributed by atoms with Crippen LogP contribution < -0.4 is 0 Å². The summed E-state index contributed by atoms with van der Waals surface area (Å²) in [6, 6.07) is 0. The first kappa shape index (κ1) is 9.84. The summed E-state index contributed by atoms with van der Waals surface area (Å²) < 4.78 is 6.01. The average Bonchev–Trinajstić information content (AvgIpc) is 1.91. The van der Waals surface area contributed by atoms with Crippen LogP contribution in [0.5, 0.6) is 0 Å². The van der Waals surface area contributed by atoms with Gasteiger partial charge in [-0.3, -0.25) is 0 Å². The van der Waals surface area contributed by atoms with E-state index in [1.165, 1.54) is 37.0 Å². The maximum atomic E-state index is 6.01. The summed E-state index contributed by atoms with van der Waals surface area (Å²) in [4.78, 5) is 0. The summed E-state index contributed by atoms with van der Waals surface area (Å²) in [5.41, 5.74) is 1.49. The van der Waals surface area contributed by atoms with Crippen LogP contribution >= 0.6 is 0 Å². The average molecular weight is 184 g/mol. The molecule has 12 heavy (non-hydrogen) atoms. The molecular formula is C10H20OSi. The van der Waals surface area contributed by atoms with Gasteiger partial charge in [0.2, 0.25) is 8.32 Å². The standard InChI is InChI=1S/C10H20OSi/c1-9-7-5-6-8-10(9)11-12(2,3)4/h5-8H2,1-4H3. The Balaban J connectivity index is 2.61. The van der Waals surface area contributed by atoms with E-state index in [-0.39, 0.29) is 0 Å². The van der Waals surface area contributed by atoms with Crippen molar-refractivity contribution in [2.24, 2.45) is 0 Å². The molecule has 0 spiro atoms. The van der Waals surface area contributed by atoms with Crippen LogP contribution in [0.25, 0.3) is 0 Å². The molecular weight excluding hydrogens is 164 g/mol. The lowest BCUT2D eigenvalue weighted by atomic mass is 9.99. The van der Waals surface area contributed by atoms with Crippen molar-refractivity contribution in [3.8, 4) is 0 Å². The minimum absolute atomic E-state index is 1.18. The molecule has 0 amide bonds. The molecule has 0 unspecified atom stereocenters. The van der Waals surface area contributed by atoms with Crippen LogP contribution in [0.2, 0.25) is 19.6 Å². The number of rotatable bonds is 2. The van der Waals surface area contributed by atoms with E-state index in [1.54, 1.807) is 0 Å². The Bertz CT molecular complexity index is 189. The molecule has 1 nitrogen and oxygen atoms in total. The van der Waals surface area contributed by atoms with E-state index >= 15 is 0 Å². The normalized spacial score (nSPS) is 19.7. The lowest BCUT2D eigenvalue weighted by Gasteiger charge is -2.26. The Morgan fingerprint density at radius 1 is 1.08 bits per heavy atom. The van der Waals surface area contributed by atoms with Crippen LogP contribution in [0, 0.1) is 0 Å². The molecule has 0 atom stereocenters. The molecule has 0 radical (unpaired) electrons. The molecule has 0 fully saturated rings. The van der Waals surface area contributed by atoms with Gasteiger partial charge in [0.15, 0.2) is 0 Å². The van der Waals surface area contributed by atoms with Crippen molar-refractivity contribution >= 4 is 8.32 Å². The van der Waals surface area contributed by atoms with Crippen LogP contribution in [0.15, 0.2) is 11.3 Å². The highest BCUT2D eigenvalue weighted by molar-refractivity contribution is 6.70. The molecule has 0 aliphatic heterocycles. The molecule has 1 aliphatic carbocycles. The highest BCUT2D eigenvalue weighted by Gasteiger charge is 2.20. The van der Waals surface area contributed by atoms with Crippen LogP contribution in [0.4, 0.5) is 0 Å². The van der Waals surface area contributed by atoms with Gasteiger partial charge in [-0.15, -0.1) is 0 Å². The molecule has 1 rings (SSSR count). The van der Waals surface area contributed by atoms with Crippen molar-refractivity contribution in [3.05, 3.63) is 11.3 Å². The van der Waals surface area contributed by atoms with Crippen molar-refractivity contribution in [1.82, 2.24) is 0 Å². The van der Waals surface area contributed by atoms with Gasteiger partial charge in [-0.1, -0.05) is 0 Å². The Kier molecular flexibility index (Phi) is 2.99. The minimum Gasteiger partial charge on any atom is -0.547 e. The summed E-state index contributed by atoms with van der Waals surface area (Å²) in [5.74, 6) is 1.31. The van der Waals surface area contributed by atoms with E-state index in [1.807, 2.05) is 0 Å². The van der Waals surface area contributed by atoms with Gasteiger partial charge in [0, 0.05) is 6.42 Å². The van der Waals surface area contributed by atoms with Crippen molar-refractivity contribution in [2.75, 3.05) is 0 Å². The first-order valence-corrected chi connectivity index (χ1v) is 8.27. The summed E-state index contributed by atoms with van der Waals surface area (Å²) in [6.07, 6.45) is 5.09. The van der Waals surface area contributed by atoms with Gasteiger partial charge < -0.3 is 4.43 Å². The topological polar surface area (TPSA) is 9.23 Å². The second-order valence-electron chi connectivity index (χ2n) is 4.63. The third-order valence-corrected chi connectivity index (χ3v) is 2.97. The third-order valence-electron chi connectivity index (χ3n) is 2.11. The zero-order valence-electron chi connectivity index (χ0n) is 8.74. The van der Waals surface area contributed by atoms with Crippen molar-refractivity contribution in [1.29, 1.82) is 0 Å². The molecule has 0 N–H and O–H groups in total. The Hall–Kier alpha value is -0.243. The summed E-state index contributed by atoms with van der Waals surface area (Å²) >= 11 is 0. The van der Waals surface area contributed by atoms with E-state index < -0.39 is 8.32 Å². The van der Waals surface area contributed by atoms with Crippen LogP contribution in [0.1, 0.15) is 32.6 Å². The smallest absolute Gasteiger partial charge is 0.241 e. The van der Waals surface area contributed by atoms with Crippen LogP contribution in [-0.4, -0.2) is 8.32 Å². The first-order valence-electron chi connectivity index (χ1n) is 4.87. The van der Waals surface area contributed by atoms with Gasteiger partial charge >= 0.3 is 0 Å². The van der Waals surface area contributed by atoms with E-state index in [0.29, 0.717) is 0 Å². The molecule has 0 aromatic rings. The Morgan fingerprint density at radius 2 is 1.67 bits per heavy atom. The summed E-state index contributed by atoms with van der Waals surface area (Å²) in [7, 11) is -1.34. The van der Waals surface area contributed by atoms with E-state index in [9.17, 15) is 0 Å². The van der Waals surface area contributed by atoms with Gasteiger partial charge in [0.1, 0.15) is 0 Å². The minimum atomic E-state index is -1.34. The second kappa shape index (κ2) is 3.65. The predicted molar refractivity (Wildman–Crippen MR) is 55.6 cm³/mol. The molecule has 0 saturated carbocycles. The van der Waals surface area contributed by atoms with Crippen LogP contribution in [0.3, 0.4) is 0 Å². The Labute approximate surface area is 76.9 Å². The molecule has 1 aliphatic rings. The molecule has 0 heterocycles. The van der Waals surface area contributed by atoms with Gasteiger partial charge in [0.05, 0.1) is 5.76 Å². The number of hydrogen-bond donors (Lipinski definition) is 0. The third kappa shape index (κ3) is 3.01. The molecule has 0 aromatic carbocycles. The van der Waals surface area contributed by atoms with Crippen molar-refractivity contribution in [3.63, 3.8) is 0 Å². The Morgan fingerprint density at radius 3 is 2.17 bits per heavy atom. The molecule has 70 valence electrons. The maximum Gasteiger partial charge on any atom is 0.241 e. The van der Waals surface area contributed by atoms with Crippen LogP contribution in [-0.2, 0) is 4.43 Å². The van der Waals surface area contributed by atoms with Gasteiger partial charge in [-0.2, -0.15) is 0 Å². The van der Waals surface area contributed by atoms with Gasteiger partial charge in [0.25, 0.3) is 0 Å². The summed E-state index contributed by atoms with van der Waals surface area (Å²) in [6.45, 7) is 8.97. The first-order chi connectivity index (χ1) is 5.49. The maximum absolute atomic E-state index is 6.01. The largest absolute Gasteiger partial charge is 0.547 e. The fraction of sp³-hybridized carbons (Fsp3) is 0.800. The highest BCUT2D eigenvalue weighted by Crippen LogP contribution is 2.27. The zero-order valence-corrected chi connectivity index (χ0v) is 9.74. The molecule has 0 bridgehead atoms. The second-order valence-corrected chi connectivity index (χ2v) is 9.05. The van der Waals surface area contributed by atoms with Crippen molar-refractivity contribution < 1.29 is 4.43 Å². The molecule has 2 heteroatoms. The lowest BCUT2D eigenvalue weighted by Crippen LogP contribution is -2.26. The fourth-order valence-electron chi connectivity index (χ4n) is 1.54. The number of hydrogen-bond acceptors (Lipinski definition) is 1. The fourth-order valence-corrected chi connectivity index (χ4v) is 2.55. The van der Waals surface area contributed by atoms with Crippen molar-refractivity contribution in [2.45, 2.75) is 52.2 Å². The zero-order chi connectivity index (χ0) is 9.19. The highest BCUT2D eigenvalue weighted by atomic mass is 28.4. The molecule has 0 aromatic heterocycles. The SMILES string of the molecule is CC1=C(O[Si](C)(C)C)CCCC1. The number of allylic oxidation sites excluding steroid dienone is 2. The monoisotopic (exact) mass is 184 g/mol.